The minimum atomic E-state index is -0.354. The fourth-order valence-corrected chi connectivity index (χ4v) is 3.09. The van der Waals surface area contributed by atoms with Crippen molar-refractivity contribution in [3.05, 3.63) is 46.4 Å². The lowest BCUT2D eigenvalue weighted by Gasteiger charge is -2.32. The van der Waals surface area contributed by atoms with Crippen LogP contribution < -0.4 is 5.46 Å². The number of aromatic nitrogens is 1. The third-order valence-corrected chi connectivity index (χ3v) is 5.63. The van der Waals surface area contributed by atoms with Crippen LogP contribution in [-0.2, 0) is 9.31 Å². The van der Waals surface area contributed by atoms with Crippen molar-refractivity contribution in [1.82, 2.24) is 4.98 Å². The third kappa shape index (κ3) is 3.42. The molecule has 0 saturated carbocycles. The van der Waals surface area contributed by atoms with E-state index in [-0.39, 0.29) is 24.2 Å². The quantitative estimate of drug-likeness (QED) is 0.619. The highest BCUT2D eigenvalue weighted by molar-refractivity contribution is 7.09. The van der Waals surface area contributed by atoms with Crippen molar-refractivity contribution in [1.29, 1.82) is 0 Å². The van der Waals surface area contributed by atoms with Gasteiger partial charge in [-0.05, 0) is 52.2 Å². The van der Waals surface area contributed by atoms with Gasteiger partial charge in [-0.2, -0.15) is 0 Å². The van der Waals surface area contributed by atoms with E-state index in [2.05, 4.69) is 51.4 Å². The van der Waals surface area contributed by atoms with Crippen LogP contribution in [0.25, 0.3) is 0 Å². The molecule has 0 bridgehead atoms. The molecule has 0 unspecified atom stereocenters. The molecule has 2 heterocycles. The van der Waals surface area contributed by atoms with Gasteiger partial charge >= 0.3 is 7.12 Å². The van der Waals surface area contributed by atoms with Crippen molar-refractivity contribution >= 4 is 23.9 Å². The second-order valence-corrected chi connectivity index (χ2v) is 8.00. The predicted octanol–water partition coefficient (Wildman–Crippen LogP) is 3.60. The highest BCUT2D eigenvalue weighted by Crippen LogP contribution is 2.36. The van der Waals surface area contributed by atoms with Gasteiger partial charge in [0.2, 0.25) is 0 Å². The van der Waals surface area contributed by atoms with Crippen molar-refractivity contribution in [2.75, 3.05) is 0 Å². The Kier molecular flexibility index (Phi) is 4.57. The summed E-state index contributed by atoms with van der Waals surface area (Å²) in [7, 11) is -0.354. The van der Waals surface area contributed by atoms with Gasteiger partial charge < -0.3 is 9.31 Å². The van der Waals surface area contributed by atoms with Crippen LogP contribution in [0.3, 0.4) is 0 Å². The van der Waals surface area contributed by atoms with E-state index in [1.807, 2.05) is 35.8 Å². The molecule has 1 atom stereocenters. The Hall–Kier alpha value is -1.61. The first-order valence-corrected chi connectivity index (χ1v) is 9.03. The van der Waals surface area contributed by atoms with E-state index >= 15 is 0 Å². The minimum Gasteiger partial charge on any atom is -0.399 e. The molecule has 0 radical (unpaired) electrons. The molecule has 1 aromatic heterocycles. The van der Waals surface area contributed by atoms with Crippen LogP contribution in [0.2, 0.25) is 0 Å². The summed E-state index contributed by atoms with van der Waals surface area (Å²) in [6, 6.07) is 8.08. The molecular weight excluding hydrogens is 317 g/mol. The van der Waals surface area contributed by atoms with Crippen LogP contribution in [0.5, 0.6) is 0 Å². The van der Waals surface area contributed by atoms with E-state index in [0.29, 0.717) is 0 Å². The van der Waals surface area contributed by atoms with Crippen LogP contribution >= 0.6 is 11.3 Å². The van der Waals surface area contributed by atoms with Crippen LogP contribution in [0.1, 0.15) is 51.1 Å². The first kappa shape index (κ1) is 17.2. The number of hydrogen-bond donors (Lipinski definition) is 0. The lowest BCUT2D eigenvalue weighted by Crippen LogP contribution is -2.41. The molecule has 1 aliphatic heterocycles. The van der Waals surface area contributed by atoms with E-state index in [9.17, 15) is 0 Å². The van der Waals surface area contributed by atoms with Gasteiger partial charge in [-0.25, -0.2) is 4.98 Å². The Bertz CT molecular complexity index is 758. The molecule has 5 heteroatoms. The topological polar surface area (TPSA) is 31.4 Å². The van der Waals surface area contributed by atoms with Gasteiger partial charge in [0.05, 0.1) is 17.1 Å². The Morgan fingerprint density at radius 3 is 2.50 bits per heavy atom. The largest absolute Gasteiger partial charge is 0.494 e. The van der Waals surface area contributed by atoms with E-state index in [0.717, 1.165) is 16.0 Å². The molecular formula is C19H22BNO2S. The summed E-state index contributed by atoms with van der Waals surface area (Å²) in [6.07, 6.45) is 1.82. The van der Waals surface area contributed by atoms with Gasteiger partial charge in [0.15, 0.2) is 0 Å². The van der Waals surface area contributed by atoms with Gasteiger partial charge in [0.1, 0.15) is 5.01 Å². The first-order chi connectivity index (χ1) is 11.3. The molecule has 0 aliphatic carbocycles. The summed E-state index contributed by atoms with van der Waals surface area (Å²) in [5, 5.41) is 3.02. The summed E-state index contributed by atoms with van der Waals surface area (Å²) >= 11 is 1.64. The third-order valence-electron chi connectivity index (χ3n) is 4.67. The molecule has 124 valence electrons. The average molecular weight is 339 g/mol. The Labute approximate surface area is 148 Å². The molecule has 3 nitrogen and oxygen atoms in total. The SMILES string of the molecule is C[C@@H](C#Cc1cccc(B2OC(C)(C)C(C)(C)O2)c1)c1nccs1. The van der Waals surface area contributed by atoms with Gasteiger partial charge in [0, 0.05) is 17.1 Å². The Morgan fingerprint density at radius 2 is 1.88 bits per heavy atom. The van der Waals surface area contributed by atoms with Gasteiger partial charge in [-0.1, -0.05) is 24.0 Å². The fourth-order valence-electron chi connectivity index (χ4n) is 2.44. The van der Waals surface area contributed by atoms with Crippen molar-refractivity contribution in [2.45, 2.75) is 51.7 Å². The predicted molar refractivity (Wildman–Crippen MR) is 99.6 cm³/mol. The molecule has 1 saturated heterocycles. The summed E-state index contributed by atoms with van der Waals surface area (Å²) in [5.74, 6) is 6.64. The van der Waals surface area contributed by atoms with Crippen LogP contribution in [0, 0.1) is 11.8 Å². The summed E-state index contributed by atoms with van der Waals surface area (Å²) in [6.45, 7) is 10.3. The van der Waals surface area contributed by atoms with Crippen LogP contribution in [-0.4, -0.2) is 23.3 Å². The molecule has 1 fully saturated rings. The van der Waals surface area contributed by atoms with E-state index in [4.69, 9.17) is 9.31 Å². The average Bonchev–Trinajstić information content (AvgIpc) is 3.12. The van der Waals surface area contributed by atoms with Crippen molar-refractivity contribution in [2.24, 2.45) is 0 Å². The number of rotatable bonds is 2. The zero-order chi connectivity index (χ0) is 17.4. The second-order valence-electron chi connectivity index (χ2n) is 7.08. The molecule has 0 N–H and O–H groups in total. The summed E-state index contributed by atoms with van der Waals surface area (Å²) < 4.78 is 12.2. The second kappa shape index (κ2) is 6.36. The van der Waals surface area contributed by atoms with E-state index in [1.165, 1.54) is 0 Å². The highest BCUT2D eigenvalue weighted by atomic mass is 32.1. The summed E-state index contributed by atoms with van der Waals surface area (Å²) in [5.41, 5.74) is 1.30. The molecule has 1 aromatic carbocycles. The number of hydrogen-bond acceptors (Lipinski definition) is 4. The highest BCUT2D eigenvalue weighted by Gasteiger charge is 2.51. The lowest BCUT2D eigenvalue weighted by molar-refractivity contribution is 0.00578. The normalized spacial score (nSPS) is 19.6. The van der Waals surface area contributed by atoms with E-state index < -0.39 is 0 Å². The number of nitrogens with zero attached hydrogens (tertiary/aromatic N) is 1. The minimum absolute atomic E-state index is 0.130. The van der Waals surface area contributed by atoms with Crippen molar-refractivity contribution in [3.8, 4) is 11.8 Å². The Balaban J connectivity index is 1.79. The molecule has 0 amide bonds. The fraction of sp³-hybridized carbons (Fsp3) is 0.421. The first-order valence-electron chi connectivity index (χ1n) is 8.15. The molecule has 24 heavy (non-hydrogen) atoms. The molecule has 2 aromatic rings. The van der Waals surface area contributed by atoms with Gasteiger partial charge in [0.25, 0.3) is 0 Å². The lowest BCUT2D eigenvalue weighted by atomic mass is 9.78. The monoisotopic (exact) mass is 339 g/mol. The molecule has 1 aliphatic rings. The van der Waals surface area contributed by atoms with Gasteiger partial charge in [-0.3, -0.25) is 0 Å². The number of thiazole rings is 1. The number of benzene rings is 1. The maximum atomic E-state index is 6.11. The standard InChI is InChI=1S/C19H22BNO2S/c1-14(17-21-11-12-24-17)9-10-15-7-6-8-16(13-15)20-22-18(2,3)19(4,5)23-20/h6-8,11-14H,1-5H3/t14-/m0/s1. The van der Waals surface area contributed by atoms with Crippen molar-refractivity contribution in [3.63, 3.8) is 0 Å². The van der Waals surface area contributed by atoms with Gasteiger partial charge in [-0.15, -0.1) is 11.3 Å². The van der Waals surface area contributed by atoms with Crippen LogP contribution in [0.15, 0.2) is 35.8 Å². The molecule has 0 spiro atoms. The zero-order valence-corrected chi connectivity index (χ0v) is 15.6. The summed E-state index contributed by atoms with van der Waals surface area (Å²) in [4.78, 5) is 4.32. The van der Waals surface area contributed by atoms with Crippen molar-refractivity contribution < 1.29 is 9.31 Å². The maximum Gasteiger partial charge on any atom is 0.494 e. The maximum absolute atomic E-state index is 6.11. The molecule has 3 rings (SSSR count). The van der Waals surface area contributed by atoms with E-state index in [1.54, 1.807) is 11.3 Å². The van der Waals surface area contributed by atoms with Crippen LogP contribution in [0.4, 0.5) is 0 Å². The Morgan fingerprint density at radius 1 is 1.17 bits per heavy atom. The smallest absolute Gasteiger partial charge is 0.399 e. The zero-order valence-electron chi connectivity index (χ0n) is 14.8.